The zero-order chi connectivity index (χ0) is 11.6. The van der Waals surface area contributed by atoms with E-state index in [-0.39, 0.29) is 17.6 Å². The van der Waals surface area contributed by atoms with E-state index in [4.69, 9.17) is 0 Å². The average Bonchev–Trinajstić information content (AvgIpc) is 2.19. The molecule has 1 rings (SSSR count). The first-order valence-corrected chi connectivity index (χ1v) is 5.53. The fourth-order valence-electron chi connectivity index (χ4n) is 1.69. The Kier molecular flexibility index (Phi) is 3.61. The summed E-state index contributed by atoms with van der Waals surface area (Å²) in [5.74, 6) is 1.09. The zero-order valence-electron chi connectivity index (χ0n) is 9.91. The highest BCUT2D eigenvalue weighted by Gasteiger charge is 2.14. The van der Waals surface area contributed by atoms with Crippen molar-refractivity contribution in [2.45, 2.75) is 46.0 Å². The highest BCUT2D eigenvalue weighted by molar-refractivity contribution is 5.47. The van der Waals surface area contributed by atoms with Gasteiger partial charge in [-0.15, -0.1) is 0 Å². The van der Waals surface area contributed by atoms with Crippen LogP contribution < -0.4 is 0 Å². The predicted molar refractivity (Wildman–Crippen MR) is 62.6 cm³/mol. The van der Waals surface area contributed by atoms with Gasteiger partial charge in [-0.2, -0.15) is 0 Å². The number of benzene rings is 1. The Hall–Kier alpha value is -1.18. The van der Waals surface area contributed by atoms with Crippen LogP contribution in [0, 0.1) is 0 Å². The van der Waals surface area contributed by atoms with E-state index in [2.05, 4.69) is 6.92 Å². The minimum atomic E-state index is 0.224. The van der Waals surface area contributed by atoms with Gasteiger partial charge in [0, 0.05) is 11.1 Å². The van der Waals surface area contributed by atoms with E-state index < -0.39 is 0 Å². The lowest BCUT2D eigenvalue weighted by Gasteiger charge is -2.15. The second kappa shape index (κ2) is 4.56. The molecule has 0 aliphatic carbocycles. The molecule has 0 fully saturated rings. The van der Waals surface area contributed by atoms with Gasteiger partial charge in [0.05, 0.1) is 0 Å². The first kappa shape index (κ1) is 11.9. The molecular weight excluding hydrogens is 188 g/mol. The van der Waals surface area contributed by atoms with Gasteiger partial charge >= 0.3 is 0 Å². The van der Waals surface area contributed by atoms with Crippen LogP contribution in [0.3, 0.4) is 0 Å². The molecule has 0 spiro atoms. The molecule has 0 amide bonds. The molecule has 84 valence electrons. The summed E-state index contributed by atoms with van der Waals surface area (Å²) >= 11 is 0. The van der Waals surface area contributed by atoms with Gasteiger partial charge in [0.25, 0.3) is 0 Å². The maximum Gasteiger partial charge on any atom is 0.119 e. The fourth-order valence-corrected chi connectivity index (χ4v) is 1.69. The van der Waals surface area contributed by atoms with Gasteiger partial charge in [-0.3, -0.25) is 0 Å². The van der Waals surface area contributed by atoms with Crippen molar-refractivity contribution in [2.75, 3.05) is 0 Å². The van der Waals surface area contributed by atoms with E-state index in [0.29, 0.717) is 5.75 Å². The van der Waals surface area contributed by atoms with Crippen LogP contribution in [-0.2, 0) is 0 Å². The number of phenols is 2. The van der Waals surface area contributed by atoms with Crippen molar-refractivity contribution in [3.63, 3.8) is 0 Å². The normalized spacial score (nSPS) is 13.1. The molecular formula is C13H20O2. The topological polar surface area (TPSA) is 40.5 Å². The quantitative estimate of drug-likeness (QED) is 0.743. The monoisotopic (exact) mass is 208 g/mol. The van der Waals surface area contributed by atoms with Gasteiger partial charge in [0.1, 0.15) is 11.5 Å². The molecule has 2 nitrogen and oxygen atoms in total. The Balaban J connectivity index is 3.19. The second-order valence-electron chi connectivity index (χ2n) is 4.43. The van der Waals surface area contributed by atoms with Crippen LogP contribution in [0.5, 0.6) is 11.5 Å². The zero-order valence-corrected chi connectivity index (χ0v) is 9.91. The lowest BCUT2D eigenvalue weighted by Crippen LogP contribution is -1.95. The second-order valence-corrected chi connectivity index (χ2v) is 4.43. The lowest BCUT2D eigenvalue weighted by atomic mass is 9.93. The van der Waals surface area contributed by atoms with Gasteiger partial charge in [0.15, 0.2) is 0 Å². The van der Waals surface area contributed by atoms with Crippen LogP contribution in [0.4, 0.5) is 0 Å². The first-order chi connectivity index (χ1) is 6.97. The van der Waals surface area contributed by atoms with Gasteiger partial charge in [-0.05, 0) is 30.4 Å². The molecule has 0 aromatic heterocycles. The molecule has 0 saturated carbocycles. The Morgan fingerprint density at radius 3 is 1.93 bits per heavy atom. The van der Waals surface area contributed by atoms with Crippen LogP contribution in [0.2, 0.25) is 0 Å². The predicted octanol–water partition coefficient (Wildman–Crippen LogP) is 3.73. The van der Waals surface area contributed by atoms with Crippen LogP contribution in [0.1, 0.15) is 57.1 Å². The minimum absolute atomic E-state index is 0.224. The van der Waals surface area contributed by atoms with Crippen molar-refractivity contribution < 1.29 is 10.2 Å². The Labute approximate surface area is 91.6 Å². The van der Waals surface area contributed by atoms with E-state index in [1.165, 1.54) is 0 Å². The molecule has 0 aliphatic heterocycles. The van der Waals surface area contributed by atoms with Gasteiger partial charge in [-0.1, -0.05) is 27.7 Å². The summed E-state index contributed by atoms with van der Waals surface area (Å²) in [5, 5.41) is 19.7. The van der Waals surface area contributed by atoms with Crippen molar-refractivity contribution in [3.8, 4) is 11.5 Å². The first-order valence-electron chi connectivity index (χ1n) is 5.53. The number of hydrogen-bond donors (Lipinski definition) is 2. The van der Waals surface area contributed by atoms with Crippen molar-refractivity contribution in [2.24, 2.45) is 0 Å². The molecule has 0 saturated heterocycles. The molecule has 1 aromatic rings. The van der Waals surface area contributed by atoms with Crippen molar-refractivity contribution in [1.29, 1.82) is 0 Å². The van der Waals surface area contributed by atoms with Crippen LogP contribution in [-0.4, -0.2) is 10.2 Å². The summed E-state index contributed by atoms with van der Waals surface area (Å²) in [4.78, 5) is 0. The lowest BCUT2D eigenvalue weighted by molar-refractivity contribution is 0.441. The average molecular weight is 208 g/mol. The minimum Gasteiger partial charge on any atom is -0.508 e. The number of aromatic hydroxyl groups is 2. The van der Waals surface area contributed by atoms with E-state index in [1.54, 1.807) is 12.1 Å². The third kappa shape index (κ3) is 2.44. The van der Waals surface area contributed by atoms with Crippen LogP contribution >= 0.6 is 0 Å². The largest absolute Gasteiger partial charge is 0.508 e. The van der Waals surface area contributed by atoms with Gasteiger partial charge < -0.3 is 10.2 Å². The van der Waals surface area contributed by atoms with Crippen molar-refractivity contribution in [3.05, 3.63) is 23.3 Å². The third-order valence-electron chi connectivity index (χ3n) is 2.94. The van der Waals surface area contributed by atoms with Gasteiger partial charge in [-0.25, -0.2) is 0 Å². The van der Waals surface area contributed by atoms with Crippen LogP contribution in [0.25, 0.3) is 0 Å². The summed E-state index contributed by atoms with van der Waals surface area (Å²) in [6.45, 7) is 8.11. The maximum atomic E-state index is 9.86. The summed E-state index contributed by atoms with van der Waals surface area (Å²) in [6.07, 6.45) is 0.952. The summed E-state index contributed by atoms with van der Waals surface area (Å²) in [7, 11) is 0. The molecule has 15 heavy (non-hydrogen) atoms. The summed E-state index contributed by atoms with van der Waals surface area (Å²) < 4.78 is 0. The SMILES string of the molecule is CCC(C)c1cc(O)c(C(C)C)cc1O. The number of rotatable bonds is 3. The summed E-state index contributed by atoms with van der Waals surface area (Å²) in [6, 6.07) is 3.38. The van der Waals surface area contributed by atoms with Crippen molar-refractivity contribution in [1.82, 2.24) is 0 Å². The molecule has 2 N–H and O–H groups in total. The van der Waals surface area contributed by atoms with Crippen molar-refractivity contribution >= 4 is 0 Å². The maximum absolute atomic E-state index is 9.86. The Morgan fingerprint density at radius 2 is 1.47 bits per heavy atom. The van der Waals surface area contributed by atoms with Gasteiger partial charge in [0.2, 0.25) is 0 Å². The number of hydrogen-bond acceptors (Lipinski definition) is 2. The Morgan fingerprint density at radius 1 is 1.00 bits per heavy atom. The van der Waals surface area contributed by atoms with E-state index >= 15 is 0 Å². The highest BCUT2D eigenvalue weighted by atomic mass is 16.3. The summed E-state index contributed by atoms with van der Waals surface area (Å²) in [5.41, 5.74) is 1.64. The highest BCUT2D eigenvalue weighted by Crippen LogP contribution is 2.36. The molecule has 0 heterocycles. The molecule has 2 heteroatoms. The molecule has 0 bridgehead atoms. The smallest absolute Gasteiger partial charge is 0.119 e. The van der Waals surface area contributed by atoms with E-state index in [1.807, 2.05) is 20.8 Å². The van der Waals surface area contributed by atoms with Crippen LogP contribution in [0.15, 0.2) is 12.1 Å². The Bertz CT molecular complexity index is 343. The molecule has 0 aliphatic rings. The molecule has 0 radical (unpaired) electrons. The molecule has 1 unspecified atom stereocenters. The third-order valence-corrected chi connectivity index (χ3v) is 2.94. The van der Waals surface area contributed by atoms with E-state index in [9.17, 15) is 10.2 Å². The molecule has 1 atom stereocenters. The standard InChI is InChI=1S/C13H20O2/c1-5-9(4)11-7-12(14)10(8(2)3)6-13(11)15/h6-9,14-15H,5H2,1-4H3. The van der Waals surface area contributed by atoms with E-state index in [0.717, 1.165) is 17.5 Å². The molecule has 1 aromatic carbocycles. The fraction of sp³-hybridized carbons (Fsp3) is 0.538. The number of phenolic OH excluding ortho intramolecular Hbond substituents is 2.